The first kappa shape index (κ1) is 21.4. The highest BCUT2D eigenvalue weighted by atomic mass is 16.2. The lowest BCUT2D eigenvalue weighted by atomic mass is 10.0. The summed E-state index contributed by atoms with van der Waals surface area (Å²) in [5, 5.41) is 4.24. The van der Waals surface area contributed by atoms with Crippen LogP contribution in [0.15, 0.2) is 23.3 Å². The van der Waals surface area contributed by atoms with E-state index in [4.69, 9.17) is 0 Å². The Balaban J connectivity index is 2.16. The van der Waals surface area contributed by atoms with E-state index in [-0.39, 0.29) is 5.91 Å². The van der Waals surface area contributed by atoms with Gasteiger partial charge in [-0.25, -0.2) is 5.43 Å². The number of carbonyl (C=O) groups is 1. The van der Waals surface area contributed by atoms with Gasteiger partial charge in [0.25, 0.3) is 0 Å². The predicted octanol–water partition coefficient (Wildman–Crippen LogP) is 6.06. The maximum atomic E-state index is 11.9. The number of rotatable bonds is 12. The van der Waals surface area contributed by atoms with Crippen LogP contribution in [-0.4, -0.2) is 11.6 Å². The van der Waals surface area contributed by atoms with Gasteiger partial charge in [-0.15, -0.1) is 0 Å². The van der Waals surface area contributed by atoms with E-state index in [1.165, 1.54) is 56.1 Å². The van der Waals surface area contributed by atoms with Crippen LogP contribution in [0.5, 0.6) is 0 Å². The van der Waals surface area contributed by atoms with Gasteiger partial charge in [-0.05, 0) is 49.9 Å². The number of amides is 1. The van der Waals surface area contributed by atoms with Crippen LogP contribution in [0.1, 0.15) is 94.7 Å². The molecular weight excluding hydrogens is 308 g/mol. The molecule has 1 N–H and O–H groups in total. The van der Waals surface area contributed by atoms with Crippen molar-refractivity contribution in [2.45, 2.75) is 91.9 Å². The molecule has 140 valence electrons. The van der Waals surface area contributed by atoms with Crippen LogP contribution in [0.3, 0.4) is 0 Å². The third-order valence-electron chi connectivity index (χ3n) is 4.78. The number of nitrogens with one attached hydrogen (secondary N) is 1. The van der Waals surface area contributed by atoms with Crippen molar-refractivity contribution in [3.63, 3.8) is 0 Å². The molecule has 0 saturated heterocycles. The van der Waals surface area contributed by atoms with E-state index in [0.29, 0.717) is 6.42 Å². The molecule has 0 aliphatic rings. The van der Waals surface area contributed by atoms with Gasteiger partial charge in [-0.1, -0.05) is 70.4 Å². The van der Waals surface area contributed by atoms with E-state index in [0.717, 1.165) is 24.1 Å². The molecule has 0 radical (unpaired) electrons. The zero-order chi connectivity index (χ0) is 18.5. The molecular formula is C22H36N2O. The summed E-state index contributed by atoms with van der Waals surface area (Å²) in [5.74, 6) is 0.0196. The van der Waals surface area contributed by atoms with Gasteiger partial charge in [0.1, 0.15) is 0 Å². The molecule has 1 aromatic carbocycles. The number of hydrogen-bond donors (Lipinski definition) is 1. The van der Waals surface area contributed by atoms with Gasteiger partial charge < -0.3 is 0 Å². The van der Waals surface area contributed by atoms with Crippen molar-refractivity contribution in [1.82, 2.24) is 5.43 Å². The van der Waals surface area contributed by atoms with Crippen molar-refractivity contribution in [2.75, 3.05) is 0 Å². The van der Waals surface area contributed by atoms with E-state index >= 15 is 0 Å². The molecule has 0 bridgehead atoms. The minimum Gasteiger partial charge on any atom is -0.273 e. The van der Waals surface area contributed by atoms with Crippen LogP contribution in [0.2, 0.25) is 0 Å². The fourth-order valence-corrected chi connectivity index (χ4v) is 2.83. The highest BCUT2D eigenvalue weighted by molar-refractivity contribution is 5.99. The zero-order valence-corrected chi connectivity index (χ0v) is 16.7. The summed E-state index contributed by atoms with van der Waals surface area (Å²) in [6.45, 7) is 8.37. The Hall–Kier alpha value is -1.64. The second kappa shape index (κ2) is 12.7. The average Bonchev–Trinajstić information content (AvgIpc) is 2.60. The summed E-state index contributed by atoms with van der Waals surface area (Å²) in [5.41, 5.74) is 7.11. The second-order valence-electron chi connectivity index (χ2n) is 7.11. The number of hydrogen-bond acceptors (Lipinski definition) is 2. The number of carbonyl (C=O) groups excluding carboxylic acids is 1. The third kappa shape index (κ3) is 9.42. The van der Waals surface area contributed by atoms with Crippen LogP contribution >= 0.6 is 0 Å². The van der Waals surface area contributed by atoms with Gasteiger partial charge in [0.15, 0.2) is 0 Å². The van der Waals surface area contributed by atoms with Crippen molar-refractivity contribution >= 4 is 11.6 Å². The van der Waals surface area contributed by atoms with Gasteiger partial charge in [-0.2, -0.15) is 5.10 Å². The van der Waals surface area contributed by atoms with E-state index in [2.05, 4.69) is 43.4 Å². The molecule has 0 aliphatic carbocycles. The molecule has 0 aliphatic heterocycles. The van der Waals surface area contributed by atoms with Crippen LogP contribution in [0, 0.1) is 13.8 Å². The Morgan fingerprint density at radius 2 is 1.52 bits per heavy atom. The predicted molar refractivity (Wildman–Crippen MR) is 108 cm³/mol. The van der Waals surface area contributed by atoms with Gasteiger partial charge in [0.2, 0.25) is 5.91 Å². The summed E-state index contributed by atoms with van der Waals surface area (Å²) in [6, 6.07) is 6.25. The van der Waals surface area contributed by atoms with Crippen molar-refractivity contribution in [3.8, 4) is 0 Å². The lowest BCUT2D eigenvalue weighted by molar-refractivity contribution is -0.121. The molecule has 1 rings (SSSR count). The molecule has 0 heterocycles. The minimum absolute atomic E-state index is 0.0196. The fraction of sp³-hybridized carbons (Fsp3) is 0.636. The average molecular weight is 345 g/mol. The normalized spacial score (nSPS) is 11.6. The molecule has 0 spiro atoms. The number of aryl methyl sites for hydroxylation is 2. The van der Waals surface area contributed by atoms with Crippen molar-refractivity contribution in [2.24, 2.45) is 5.10 Å². The summed E-state index contributed by atoms with van der Waals surface area (Å²) < 4.78 is 0. The van der Waals surface area contributed by atoms with E-state index in [1.54, 1.807) is 0 Å². The summed E-state index contributed by atoms with van der Waals surface area (Å²) >= 11 is 0. The highest BCUT2D eigenvalue weighted by Gasteiger charge is 2.03. The Morgan fingerprint density at radius 3 is 2.12 bits per heavy atom. The van der Waals surface area contributed by atoms with Gasteiger partial charge in [0, 0.05) is 6.42 Å². The molecule has 3 heteroatoms. The molecule has 0 aromatic heterocycles. The van der Waals surface area contributed by atoms with Crippen LogP contribution in [0.4, 0.5) is 0 Å². The highest BCUT2D eigenvalue weighted by Crippen LogP contribution is 2.11. The smallest absolute Gasteiger partial charge is 0.240 e. The molecule has 3 nitrogen and oxygen atoms in total. The summed E-state index contributed by atoms with van der Waals surface area (Å²) in [4.78, 5) is 11.9. The molecule has 1 amide bonds. The van der Waals surface area contributed by atoms with Crippen molar-refractivity contribution in [3.05, 3.63) is 34.9 Å². The van der Waals surface area contributed by atoms with Crippen molar-refractivity contribution in [1.29, 1.82) is 0 Å². The largest absolute Gasteiger partial charge is 0.273 e. The quantitative estimate of drug-likeness (QED) is 0.279. The minimum atomic E-state index is 0.0196. The van der Waals surface area contributed by atoms with Crippen LogP contribution < -0.4 is 5.43 Å². The SMILES string of the molecule is CCCCCCCCCCCC(=O)NN=C(C)c1ccc(C)c(C)c1. The molecule has 25 heavy (non-hydrogen) atoms. The van der Waals surface area contributed by atoms with E-state index < -0.39 is 0 Å². The van der Waals surface area contributed by atoms with Gasteiger partial charge >= 0.3 is 0 Å². The standard InChI is InChI=1S/C22H36N2O/c1-5-6-7-8-9-10-11-12-13-14-22(25)24-23-20(4)21-16-15-18(2)19(3)17-21/h15-17H,5-14H2,1-4H3,(H,24,25). The monoisotopic (exact) mass is 344 g/mol. The zero-order valence-electron chi connectivity index (χ0n) is 16.7. The first-order valence-electron chi connectivity index (χ1n) is 9.95. The number of nitrogens with zero attached hydrogens (tertiary/aromatic N) is 1. The topological polar surface area (TPSA) is 41.5 Å². The fourth-order valence-electron chi connectivity index (χ4n) is 2.83. The van der Waals surface area contributed by atoms with Gasteiger partial charge in [-0.3, -0.25) is 4.79 Å². The van der Waals surface area contributed by atoms with Crippen LogP contribution in [0.25, 0.3) is 0 Å². The number of unbranched alkanes of at least 4 members (excludes halogenated alkanes) is 8. The Labute approximate surface area is 154 Å². The number of hydrazone groups is 1. The molecule has 1 aromatic rings. The first-order valence-corrected chi connectivity index (χ1v) is 9.95. The molecule has 0 saturated carbocycles. The number of benzene rings is 1. The molecule has 0 atom stereocenters. The Morgan fingerprint density at radius 1 is 0.920 bits per heavy atom. The van der Waals surface area contributed by atoms with E-state index in [1.807, 2.05) is 13.0 Å². The lowest BCUT2D eigenvalue weighted by Crippen LogP contribution is -2.18. The molecule has 0 fully saturated rings. The first-order chi connectivity index (χ1) is 12.0. The second-order valence-corrected chi connectivity index (χ2v) is 7.11. The molecule has 0 unspecified atom stereocenters. The summed E-state index contributed by atoms with van der Waals surface area (Å²) in [6.07, 6.45) is 11.9. The third-order valence-corrected chi connectivity index (χ3v) is 4.78. The van der Waals surface area contributed by atoms with E-state index in [9.17, 15) is 4.79 Å². The van der Waals surface area contributed by atoms with Crippen LogP contribution in [-0.2, 0) is 4.79 Å². The maximum absolute atomic E-state index is 11.9. The summed E-state index contributed by atoms with van der Waals surface area (Å²) in [7, 11) is 0. The Kier molecular flexibility index (Phi) is 10.9. The van der Waals surface area contributed by atoms with Gasteiger partial charge in [0.05, 0.1) is 5.71 Å². The Bertz CT molecular complexity index is 549. The maximum Gasteiger partial charge on any atom is 0.240 e. The lowest BCUT2D eigenvalue weighted by Gasteiger charge is -2.06. The van der Waals surface area contributed by atoms with Crippen molar-refractivity contribution < 1.29 is 4.79 Å².